The zero-order chi connectivity index (χ0) is 27.7. The number of allylic oxidation sites excluding steroid dienone is 1. The highest BCUT2D eigenvalue weighted by Gasteiger charge is 2.10. The molecule has 0 saturated carbocycles. The first-order valence-electron chi connectivity index (χ1n) is 13.1. The molecule has 0 bridgehead atoms. The number of nitrogens with one attached hydrogen (secondary N) is 3. The van der Waals surface area contributed by atoms with E-state index in [1.54, 1.807) is 6.07 Å². The molecule has 5 N–H and O–H groups in total. The third-order valence-corrected chi connectivity index (χ3v) is 4.81. The minimum absolute atomic E-state index is 0.178. The van der Waals surface area contributed by atoms with E-state index < -0.39 is 0 Å². The van der Waals surface area contributed by atoms with E-state index in [9.17, 15) is 4.79 Å². The topological polar surface area (TPSA) is 126 Å². The Labute approximate surface area is 222 Å². The summed E-state index contributed by atoms with van der Waals surface area (Å²) in [6.45, 7) is 16.7. The number of nitrogens with zero attached hydrogens (tertiary/aromatic N) is 1. The third-order valence-electron chi connectivity index (χ3n) is 4.81. The molecular weight excluding hydrogens is 470 g/mol. The molecule has 1 saturated heterocycles. The van der Waals surface area contributed by atoms with E-state index in [1.165, 1.54) is 18.5 Å². The van der Waals surface area contributed by atoms with Crippen LogP contribution in [0, 0.1) is 5.41 Å². The zero-order valence-corrected chi connectivity index (χ0v) is 23.2. The SMILES string of the molecule is CC.CC.CCOCCNc1cc(OCCN2CCOCC2)[nH]c(=O)c1.N=C/C(=C/N)c1ccccc1. The number of anilines is 1. The van der Waals surface area contributed by atoms with Gasteiger partial charge in [-0.1, -0.05) is 58.0 Å². The molecule has 1 aromatic heterocycles. The molecule has 0 aliphatic carbocycles. The van der Waals surface area contributed by atoms with Crippen molar-refractivity contribution >= 4 is 17.5 Å². The maximum absolute atomic E-state index is 11.6. The summed E-state index contributed by atoms with van der Waals surface area (Å²) >= 11 is 0. The van der Waals surface area contributed by atoms with Crippen LogP contribution in [-0.2, 0) is 9.47 Å². The van der Waals surface area contributed by atoms with Crippen molar-refractivity contribution in [1.82, 2.24) is 9.88 Å². The van der Waals surface area contributed by atoms with Crippen molar-refractivity contribution in [3.05, 3.63) is 64.6 Å². The summed E-state index contributed by atoms with van der Waals surface area (Å²) in [5.74, 6) is 0.486. The molecule has 9 heteroatoms. The van der Waals surface area contributed by atoms with Crippen LogP contribution in [0.3, 0.4) is 0 Å². The van der Waals surface area contributed by atoms with E-state index in [-0.39, 0.29) is 5.56 Å². The van der Waals surface area contributed by atoms with Crippen LogP contribution in [-0.4, -0.2) is 75.3 Å². The average molecular weight is 518 g/mol. The first-order valence-corrected chi connectivity index (χ1v) is 13.1. The smallest absolute Gasteiger partial charge is 0.252 e. The highest BCUT2D eigenvalue weighted by Crippen LogP contribution is 2.11. The summed E-state index contributed by atoms with van der Waals surface area (Å²) in [5.41, 5.74) is 7.58. The second-order valence-corrected chi connectivity index (χ2v) is 7.16. The molecule has 9 nitrogen and oxygen atoms in total. The fraction of sp³-hybridized carbons (Fsp3) is 0.500. The molecule has 0 unspecified atom stereocenters. The molecule has 2 heterocycles. The molecule has 0 spiro atoms. The van der Waals surface area contributed by atoms with Gasteiger partial charge in [0.1, 0.15) is 6.61 Å². The molecule has 208 valence electrons. The Morgan fingerprint density at radius 3 is 2.41 bits per heavy atom. The molecule has 0 atom stereocenters. The molecule has 3 rings (SSSR count). The van der Waals surface area contributed by atoms with Crippen LogP contribution in [0.1, 0.15) is 40.2 Å². The van der Waals surface area contributed by atoms with Crippen LogP contribution >= 0.6 is 0 Å². The van der Waals surface area contributed by atoms with E-state index in [0.29, 0.717) is 32.2 Å². The van der Waals surface area contributed by atoms with Crippen LogP contribution in [0.5, 0.6) is 5.88 Å². The highest BCUT2D eigenvalue weighted by atomic mass is 16.5. The van der Waals surface area contributed by atoms with E-state index in [0.717, 1.165) is 49.7 Å². The molecule has 37 heavy (non-hydrogen) atoms. The van der Waals surface area contributed by atoms with Crippen LogP contribution in [0.2, 0.25) is 0 Å². The Bertz CT molecular complexity index is 897. The van der Waals surface area contributed by atoms with E-state index in [1.807, 2.05) is 65.0 Å². The van der Waals surface area contributed by atoms with Crippen molar-refractivity contribution in [2.24, 2.45) is 5.73 Å². The Hall–Kier alpha value is -3.14. The number of aromatic nitrogens is 1. The second-order valence-electron chi connectivity index (χ2n) is 7.16. The fourth-order valence-electron chi connectivity index (χ4n) is 3.08. The summed E-state index contributed by atoms with van der Waals surface area (Å²) in [4.78, 5) is 16.6. The van der Waals surface area contributed by atoms with Gasteiger partial charge in [-0.2, -0.15) is 0 Å². The molecule has 1 aromatic carbocycles. The number of aromatic amines is 1. The monoisotopic (exact) mass is 517 g/mol. The largest absolute Gasteiger partial charge is 0.477 e. The molecule has 0 amide bonds. The lowest BCUT2D eigenvalue weighted by atomic mass is 10.1. The van der Waals surface area contributed by atoms with Gasteiger partial charge in [0.05, 0.1) is 19.8 Å². The quantitative estimate of drug-likeness (QED) is 0.260. The lowest BCUT2D eigenvalue weighted by Gasteiger charge is -2.26. The van der Waals surface area contributed by atoms with E-state index in [2.05, 4.69) is 15.2 Å². The van der Waals surface area contributed by atoms with Crippen molar-refractivity contribution in [2.75, 3.05) is 64.5 Å². The van der Waals surface area contributed by atoms with Crippen molar-refractivity contribution in [3.8, 4) is 5.88 Å². The van der Waals surface area contributed by atoms with Gasteiger partial charge in [-0.3, -0.25) is 14.7 Å². The van der Waals surface area contributed by atoms with Gasteiger partial charge < -0.3 is 30.7 Å². The van der Waals surface area contributed by atoms with Gasteiger partial charge in [0.2, 0.25) is 0 Å². The molecular formula is C28H47N5O4. The minimum Gasteiger partial charge on any atom is -0.477 e. The Balaban J connectivity index is 0.000000725. The van der Waals surface area contributed by atoms with E-state index >= 15 is 0 Å². The third kappa shape index (κ3) is 15.6. The minimum atomic E-state index is -0.178. The van der Waals surface area contributed by atoms with Gasteiger partial charge in [-0.15, -0.1) is 0 Å². The van der Waals surface area contributed by atoms with Crippen LogP contribution in [0.4, 0.5) is 5.69 Å². The van der Waals surface area contributed by atoms with Gasteiger partial charge >= 0.3 is 0 Å². The summed E-state index contributed by atoms with van der Waals surface area (Å²) in [5, 5.41) is 10.2. The number of benzene rings is 1. The summed E-state index contributed by atoms with van der Waals surface area (Å²) in [7, 11) is 0. The Kier molecular flexibility index (Phi) is 21.3. The van der Waals surface area contributed by atoms with Gasteiger partial charge in [0.25, 0.3) is 5.56 Å². The standard InChI is InChI=1S/C15H25N3O4.C9H10N2.2C2H6/c1-2-20-7-3-16-13-11-14(19)17-15(12-13)22-10-6-18-4-8-21-9-5-18;10-6-9(7-11)8-4-2-1-3-5-8;2*1-2/h11-12H,2-10H2,1H3,(H2,16,17,19);1-7,10H,11H2;2*1-2H3/b;9-7-,10-6?;;. The number of hydrogen-bond acceptors (Lipinski definition) is 8. The van der Waals surface area contributed by atoms with Crippen molar-refractivity contribution in [1.29, 1.82) is 5.41 Å². The maximum Gasteiger partial charge on any atom is 0.252 e. The lowest BCUT2D eigenvalue weighted by Crippen LogP contribution is -2.38. The van der Waals surface area contributed by atoms with Gasteiger partial charge in [0, 0.05) is 68.6 Å². The molecule has 2 aromatic rings. The van der Waals surface area contributed by atoms with Crippen molar-refractivity contribution in [3.63, 3.8) is 0 Å². The number of nitrogens with two attached hydrogens (primary N) is 1. The summed E-state index contributed by atoms with van der Waals surface area (Å²) in [6.07, 6.45) is 2.68. The van der Waals surface area contributed by atoms with Crippen LogP contribution in [0.15, 0.2) is 53.5 Å². The zero-order valence-electron chi connectivity index (χ0n) is 23.2. The predicted octanol–water partition coefficient (Wildman–Crippen LogP) is 4.22. The van der Waals surface area contributed by atoms with Crippen LogP contribution in [0.25, 0.3) is 5.57 Å². The first kappa shape index (κ1) is 33.9. The maximum atomic E-state index is 11.6. The van der Waals surface area contributed by atoms with Crippen molar-refractivity contribution in [2.45, 2.75) is 34.6 Å². The Morgan fingerprint density at radius 2 is 1.81 bits per heavy atom. The molecule has 1 aliphatic rings. The molecule has 1 fully saturated rings. The van der Waals surface area contributed by atoms with Crippen LogP contribution < -0.4 is 21.3 Å². The number of ether oxygens (including phenoxy) is 3. The lowest BCUT2D eigenvalue weighted by molar-refractivity contribution is 0.0320. The molecule has 0 radical (unpaired) electrons. The number of H-pyrrole nitrogens is 1. The molecule has 1 aliphatic heterocycles. The Morgan fingerprint density at radius 1 is 1.14 bits per heavy atom. The fourth-order valence-corrected chi connectivity index (χ4v) is 3.08. The van der Waals surface area contributed by atoms with Gasteiger partial charge in [0.15, 0.2) is 5.88 Å². The summed E-state index contributed by atoms with van der Waals surface area (Å²) in [6, 6.07) is 12.9. The number of hydrogen-bond donors (Lipinski definition) is 4. The second kappa shape index (κ2) is 23.3. The number of pyridine rings is 1. The highest BCUT2D eigenvalue weighted by molar-refractivity contribution is 6.07. The van der Waals surface area contributed by atoms with Gasteiger partial charge in [-0.25, -0.2) is 0 Å². The van der Waals surface area contributed by atoms with Gasteiger partial charge in [-0.05, 0) is 12.5 Å². The van der Waals surface area contributed by atoms with Crippen molar-refractivity contribution < 1.29 is 14.2 Å². The number of rotatable bonds is 11. The number of morpholine rings is 1. The average Bonchev–Trinajstić information content (AvgIpc) is 2.95. The normalized spacial score (nSPS) is 12.9. The first-order chi connectivity index (χ1) is 18.2. The predicted molar refractivity (Wildman–Crippen MR) is 155 cm³/mol. The summed E-state index contributed by atoms with van der Waals surface area (Å²) < 4.78 is 16.2. The van der Waals surface area contributed by atoms with E-state index in [4.69, 9.17) is 25.4 Å².